The van der Waals surface area contributed by atoms with E-state index < -0.39 is 10.0 Å². The molecule has 0 radical (unpaired) electrons. The first kappa shape index (κ1) is 23.9. The first-order chi connectivity index (χ1) is 16.9. The Kier molecular flexibility index (Phi) is 7.38. The van der Waals surface area contributed by atoms with Gasteiger partial charge in [0.1, 0.15) is 11.6 Å². The lowest BCUT2D eigenvalue weighted by Crippen LogP contribution is -2.17. The van der Waals surface area contributed by atoms with Crippen molar-refractivity contribution in [2.75, 3.05) is 12.4 Å². The molecule has 4 aromatic rings. The van der Waals surface area contributed by atoms with Gasteiger partial charge in [0.25, 0.3) is 10.0 Å². The number of aliphatic imine (C=N–C) groups is 1. The van der Waals surface area contributed by atoms with Gasteiger partial charge in [0, 0.05) is 16.8 Å². The van der Waals surface area contributed by atoms with Crippen molar-refractivity contribution < 1.29 is 13.2 Å². The maximum Gasteiger partial charge on any atom is 0.284 e. The lowest BCUT2D eigenvalue weighted by molar-refractivity contribution is 0.415. The average molecular weight is 484 g/mol. The standard InChI is InChI=1S/C28H25N3O3S/c1-21-13-19-26(20-14-21)35(32,33)31-28(23-11-7-4-8-12-23)30-27(22-9-5-3-6-10-22)29-24-15-17-25(34-2)18-16-24/h3-20H,1-2H3,(H,29,30,31). The number of sulfonamides is 1. The van der Waals surface area contributed by atoms with E-state index in [4.69, 9.17) is 9.73 Å². The highest BCUT2D eigenvalue weighted by atomic mass is 32.2. The van der Waals surface area contributed by atoms with Gasteiger partial charge in [0.05, 0.1) is 12.0 Å². The molecule has 1 N–H and O–H groups in total. The summed E-state index contributed by atoms with van der Waals surface area (Å²) >= 11 is 0. The molecule has 176 valence electrons. The number of nitrogens with one attached hydrogen (secondary N) is 1. The smallest absolute Gasteiger partial charge is 0.284 e. The number of hydrogen-bond acceptors (Lipinski definition) is 3. The van der Waals surface area contributed by atoms with Crippen LogP contribution in [0.2, 0.25) is 0 Å². The summed E-state index contributed by atoms with van der Waals surface area (Å²) in [6, 6.07) is 32.5. The van der Waals surface area contributed by atoms with Crippen LogP contribution in [-0.2, 0) is 10.0 Å². The van der Waals surface area contributed by atoms with Crippen molar-refractivity contribution in [2.45, 2.75) is 11.8 Å². The number of rotatable bonds is 6. The van der Waals surface area contributed by atoms with Crippen molar-refractivity contribution in [3.05, 3.63) is 126 Å². The van der Waals surface area contributed by atoms with Crippen LogP contribution in [0.15, 0.2) is 123 Å². The predicted molar refractivity (Wildman–Crippen MR) is 141 cm³/mol. The third kappa shape index (κ3) is 6.22. The molecule has 0 fully saturated rings. The Bertz CT molecular complexity index is 1430. The minimum absolute atomic E-state index is 0.0750. The molecular formula is C28H25N3O3S. The van der Waals surface area contributed by atoms with Gasteiger partial charge < -0.3 is 10.1 Å². The largest absolute Gasteiger partial charge is 0.497 e. The van der Waals surface area contributed by atoms with Gasteiger partial charge in [0.15, 0.2) is 5.84 Å². The second-order valence-corrected chi connectivity index (χ2v) is 9.35. The monoisotopic (exact) mass is 483 g/mol. The van der Waals surface area contributed by atoms with E-state index in [9.17, 15) is 8.42 Å². The summed E-state index contributed by atoms with van der Waals surface area (Å²) in [5, 5.41) is 3.30. The van der Waals surface area contributed by atoms with Gasteiger partial charge in [-0.2, -0.15) is 8.42 Å². The van der Waals surface area contributed by atoms with Crippen molar-refractivity contribution in [3.8, 4) is 5.75 Å². The Morgan fingerprint density at radius 1 is 0.743 bits per heavy atom. The van der Waals surface area contributed by atoms with Gasteiger partial charge in [-0.05, 0) is 43.3 Å². The molecule has 0 saturated carbocycles. The van der Waals surface area contributed by atoms with E-state index >= 15 is 0 Å². The molecule has 7 heteroatoms. The molecule has 0 aromatic heterocycles. The Balaban J connectivity index is 1.84. The molecule has 35 heavy (non-hydrogen) atoms. The van der Waals surface area contributed by atoms with Crippen LogP contribution in [0, 0.1) is 6.92 Å². The van der Waals surface area contributed by atoms with Gasteiger partial charge in [0.2, 0.25) is 0 Å². The predicted octanol–water partition coefficient (Wildman–Crippen LogP) is 5.70. The van der Waals surface area contributed by atoms with E-state index in [-0.39, 0.29) is 10.7 Å². The summed E-state index contributed by atoms with van der Waals surface area (Å²) in [5.41, 5.74) is 3.08. The van der Waals surface area contributed by atoms with Crippen molar-refractivity contribution in [2.24, 2.45) is 9.39 Å². The number of amidine groups is 2. The second kappa shape index (κ2) is 10.8. The van der Waals surface area contributed by atoms with Crippen molar-refractivity contribution in [1.29, 1.82) is 0 Å². The number of anilines is 1. The first-order valence-electron chi connectivity index (χ1n) is 11.0. The molecule has 4 rings (SSSR count). The van der Waals surface area contributed by atoms with Crippen LogP contribution in [-0.4, -0.2) is 27.2 Å². The summed E-state index contributed by atoms with van der Waals surface area (Å²) in [6.07, 6.45) is 0. The summed E-state index contributed by atoms with van der Waals surface area (Å²) in [5.74, 6) is 1.26. The van der Waals surface area contributed by atoms with E-state index in [1.54, 1.807) is 43.5 Å². The molecule has 0 spiro atoms. The molecule has 0 unspecified atom stereocenters. The molecule has 0 amide bonds. The molecule has 0 aliphatic heterocycles. The third-order valence-electron chi connectivity index (χ3n) is 5.18. The highest BCUT2D eigenvalue weighted by molar-refractivity contribution is 7.90. The summed E-state index contributed by atoms with van der Waals surface area (Å²) in [4.78, 5) is 4.84. The number of ether oxygens (including phenoxy) is 1. The normalized spacial score (nSPS) is 12.3. The maximum atomic E-state index is 13.2. The minimum Gasteiger partial charge on any atom is -0.497 e. The number of hydrogen-bond donors (Lipinski definition) is 1. The quantitative estimate of drug-likeness (QED) is 0.282. The number of methoxy groups -OCH3 is 1. The fourth-order valence-electron chi connectivity index (χ4n) is 3.28. The minimum atomic E-state index is -4.00. The summed E-state index contributed by atoms with van der Waals surface area (Å²) < 4.78 is 35.8. The maximum absolute atomic E-state index is 13.2. The number of aryl methyl sites for hydroxylation is 1. The lowest BCUT2D eigenvalue weighted by Gasteiger charge is -2.12. The molecule has 4 aromatic carbocycles. The van der Waals surface area contributed by atoms with E-state index in [1.807, 2.05) is 79.7 Å². The van der Waals surface area contributed by atoms with E-state index in [2.05, 4.69) is 9.71 Å². The first-order valence-corrected chi connectivity index (χ1v) is 12.4. The molecule has 0 aliphatic rings. The molecule has 0 aliphatic carbocycles. The highest BCUT2D eigenvalue weighted by Gasteiger charge is 2.17. The summed E-state index contributed by atoms with van der Waals surface area (Å²) in [6.45, 7) is 1.90. The van der Waals surface area contributed by atoms with Crippen LogP contribution in [0.5, 0.6) is 5.75 Å². The average Bonchev–Trinajstić information content (AvgIpc) is 2.89. The molecule has 0 heterocycles. The zero-order valence-corrected chi connectivity index (χ0v) is 20.2. The number of nitrogens with zero attached hydrogens (tertiary/aromatic N) is 2. The van der Waals surface area contributed by atoms with Crippen LogP contribution in [0.1, 0.15) is 16.7 Å². The number of benzene rings is 4. The van der Waals surface area contributed by atoms with Crippen molar-refractivity contribution in [3.63, 3.8) is 0 Å². The molecule has 0 saturated heterocycles. The highest BCUT2D eigenvalue weighted by Crippen LogP contribution is 2.19. The van der Waals surface area contributed by atoms with Crippen molar-refractivity contribution >= 4 is 27.4 Å². The fraction of sp³-hybridized carbons (Fsp3) is 0.0714. The van der Waals surface area contributed by atoms with E-state index in [0.717, 1.165) is 22.6 Å². The van der Waals surface area contributed by atoms with Crippen LogP contribution >= 0.6 is 0 Å². The topological polar surface area (TPSA) is 80.1 Å². The van der Waals surface area contributed by atoms with Gasteiger partial charge >= 0.3 is 0 Å². The van der Waals surface area contributed by atoms with Gasteiger partial charge in [-0.15, -0.1) is 4.40 Å². The Morgan fingerprint density at radius 2 is 1.31 bits per heavy atom. The fourth-order valence-corrected chi connectivity index (χ4v) is 4.24. The van der Waals surface area contributed by atoms with Gasteiger partial charge in [-0.3, -0.25) is 0 Å². The third-order valence-corrected chi connectivity index (χ3v) is 6.46. The van der Waals surface area contributed by atoms with Crippen LogP contribution < -0.4 is 10.1 Å². The zero-order valence-electron chi connectivity index (χ0n) is 19.4. The van der Waals surface area contributed by atoms with Crippen molar-refractivity contribution in [1.82, 2.24) is 0 Å². The Morgan fingerprint density at radius 3 is 1.89 bits per heavy atom. The summed E-state index contributed by atoms with van der Waals surface area (Å²) in [7, 11) is -2.39. The molecule has 0 bridgehead atoms. The van der Waals surface area contributed by atoms with Gasteiger partial charge in [-0.25, -0.2) is 4.99 Å². The van der Waals surface area contributed by atoms with E-state index in [1.165, 1.54) is 0 Å². The van der Waals surface area contributed by atoms with Crippen LogP contribution in [0.3, 0.4) is 0 Å². The zero-order chi connectivity index (χ0) is 24.7. The Labute approximate surface area is 205 Å². The Hall–Kier alpha value is -4.23. The molecule has 6 nitrogen and oxygen atoms in total. The second-order valence-electron chi connectivity index (χ2n) is 7.75. The van der Waals surface area contributed by atoms with Crippen LogP contribution in [0.4, 0.5) is 5.69 Å². The SMILES string of the molecule is COc1ccc(NC(=N/C(=N\S(=O)(=O)c2ccc(C)cc2)c2ccccc2)c2ccccc2)cc1. The molecule has 0 atom stereocenters. The lowest BCUT2D eigenvalue weighted by atomic mass is 10.1. The van der Waals surface area contributed by atoms with Crippen LogP contribution in [0.25, 0.3) is 0 Å². The van der Waals surface area contributed by atoms with E-state index in [0.29, 0.717) is 11.4 Å². The molecular weight excluding hydrogens is 458 g/mol. The van der Waals surface area contributed by atoms with Gasteiger partial charge in [-0.1, -0.05) is 78.4 Å².